The van der Waals surface area contributed by atoms with Crippen molar-refractivity contribution in [3.63, 3.8) is 0 Å². The van der Waals surface area contributed by atoms with E-state index in [1.54, 1.807) is 4.68 Å². The van der Waals surface area contributed by atoms with E-state index in [-0.39, 0.29) is 11.2 Å². The van der Waals surface area contributed by atoms with Crippen LogP contribution in [-0.4, -0.2) is 49.3 Å². The van der Waals surface area contributed by atoms with Crippen LogP contribution in [0.4, 0.5) is 0 Å². The number of aromatic amines is 1. The Morgan fingerprint density at radius 2 is 2.15 bits per heavy atom. The monoisotopic (exact) mass is 468 g/mol. The molecule has 2 aromatic heterocycles. The Labute approximate surface area is 197 Å². The molecule has 9 heteroatoms. The van der Waals surface area contributed by atoms with Gasteiger partial charge in [-0.2, -0.15) is 5.10 Å². The molecular weight excluding hydrogens is 440 g/mol. The molecule has 1 aromatic carbocycles. The lowest BCUT2D eigenvalue weighted by Crippen LogP contribution is -2.50. The number of piperidine rings is 1. The summed E-state index contributed by atoms with van der Waals surface area (Å²) in [5.74, 6) is 0. The summed E-state index contributed by atoms with van der Waals surface area (Å²) in [6, 6.07) is 6.54. The molecule has 3 aromatic rings. The molecule has 0 unspecified atom stereocenters. The van der Waals surface area contributed by atoms with Gasteiger partial charge in [-0.05, 0) is 68.9 Å². The first kappa shape index (κ1) is 22.3. The molecule has 5 rings (SSSR count). The van der Waals surface area contributed by atoms with Crippen molar-refractivity contribution in [1.82, 2.24) is 30.1 Å². The molecule has 33 heavy (non-hydrogen) atoms. The van der Waals surface area contributed by atoms with Crippen molar-refractivity contribution in [2.75, 3.05) is 13.2 Å². The maximum atomic E-state index is 12.2. The van der Waals surface area contributed by atoms with E-state index in [0.717, 1.165) is 54.4 Å². The SMILES string of the molecule is Cc1n[nH]c(=O)c(Cn2cc(CN3CC[C@]4(C[C@@H]3C)OCCc3ccc(Cl)cc34)nn2)c1C. The third-order valence-corrected chi connectivity index (χ3v) is 7.46. The predicted octanol–water partition coefficient (Wildman–Crippen LogP) is 3.13. The van der Waals surface area contributed by atoms with E-state index >= 15 is 0 Å². The van der Waals surface area contributed by atoms with Crippen LogP contribution in [0.2, 0.25) is 5.02 Å². The number of ether oxygens (including phenoxy) is 1. The third kappa shape index (κ3) is 4.23. The van der Waals surface area contributed by atoms with Crippen molar-refractivity contribution in [2.45, 2.75) is 64.8 Å². The summed E-state index contributed by atoms with van der Waals surface area (Å²) >= 11 is 6.33. The number of aryl methyl sites for hydroxylation is 1. The second kappa shape index (κ2) is 8.66. The number of fused-ring (bicyclic) bond motifs is 2. The highest BCUT2D eigenvalue weighted by Crippen LogP contribution is 2.44. The Bertz CT molecular complexity index is 1240. The van der Waals surface area contributed by atoms with Crippen LogP contribution in [0.15, 0.2) is 29.2 Å². The van der Waals surface area contributed by atoms with Crippen molar-refractivity contribution in [3.05, 3.63) is 73.4 Å². The molecule has 1 N–H and O–H groups in total. The number of halogens is 1. The molecule has 2 aliphatic heterocycles. The van der Waals surface area contributed by atoms with Gasteiger partial charge in [0.25, 0.3) is 5.56 Å². The summed E-state index contributed by atoms with van der Waals surface area (Å²) < 4.78 is 8.13. The molecule has 0 amide bonds. The fourth-order valence-corrected chi connectivity index (χ4v) is 5.38. The van der Waals surface area contributed by atoms with Crippen LogP contribution in [-0.2, 0) is 29.8 Å². The zero-order chi connectivity index (χ0) is 23.2. The standard InChI is InChI=1S/C24H29ClN6O2/c1-15-11-24(22-10-19(25)5-4-18(22)6-9-33-24)7-8-30(15)12-20-13-31(29-27-20)14-21-16(2)17(3)26-28-23(21)32/h4-5,10,13,15H,6-9,11-12,14H2,1-3H3,(H,28,32)/t15-,24+/m0/s1. The number of likely N-dealkylation sites (tertiary alicyclic amines) is 1. The van der Waals surface area contributed by atoms with Crippen molar-refractivity contribution in [1.29, 1.82) is 0 Å². The topological polar surface area (TPSA) is 88.9 Å². The summed E-state index contributed by atoms with van der Waals surface area (Å²) in [5.41, 5.74) is 5.43. The van der Waals surface area contributed by atoms with Crippen LogP contribution in [0.3, 0.4) is 0 Å². The average Bonchev–Trinajstić information content (AvgIpc) is 3.24. The van der Waals surface area contributed by atoms with Gasteiger partial charge in [0, 0.05) is 29.7 Å². The first-order chi connectivity index (χ1) is 15.8. The average molecular weight is 469 g/mol. The third-order valence-electron chi connectivity index (χ3n) is 7.23. The number of hydrogen-bond donors (Lipinski definition) is 1. The molecule has 1 fully saturated rings. The van der Waals surface area contributed by atoms with Gasteiger partial charge in [-0.1, -0.05) is 22.9 Å². The lowest BCUT2D eigenvalue weighted by Gasteiger charge is -2.48. The lowest BCUT2D eigenvalue weighted by molar-refractivity contribution is -0.113. The Morgan fingerprint density at radius 1 is 1.30 bits per heavy atom. The van der Waals surface area contributed by atoms with E-state index in [4.69, 9.17) is 16.3 Å². The summed E-state index contributed by atoms with van der Waals surface area (Å²) in [5, 5.41) is 16.0. The minimum absolute atomic E-state index is 0.182. The summed E-state index contributed by atoms with van der Waals surface area (Å²) in [4.78, 5) is 14.6. The number of nitrogens with one attached hydrogen (secondary N) is 1. The summed E-state index contributed by atoms with van der Waals surface area (Å²) in [7, 11) is 0. The van der Waals surface area contributed by atoms with Crippen LogP contribution in [0, 0.1) is 13.8 Å². The molecule has 174 valence electrons. The fourth-order valence-electron chi connectivity index (χ4n) is 5.21. The number of nitrogens with zero attached hydrogens (tertiary/aromatic N) is 5. The van der Waals surface area contributed by atoms with Gasteiger partial charge < -0.3 is 4.74 Å². The molecule has 2 aliphatic rings. The van der Waals surface area contributed by atoms with Crippen molar-refractivity contribution in [2.24, 2.45) is 0 Å². The minimum Gasteiger partial charge on any atom is -0.370 e. The first-order valence-electron chi connectivity index (χ1n) is 11.5. The van der Waals surface area contributed by atoms with Gasteiger partial charge in [-0.15, -0.1) is 5.10 Å². The zero-order valence-corrected chi connectivity index (χ0v) is 20.0. The van der Waals surface area contributed by atoms with Gasteiger partial charge in [-0.25, -0.2) is 9.78 Å². The van der Waals surface area contributed by atoms with Crippen molar-refractivity contribution in [3.8, 4) is 0 Å². The molecule has 0 saturated carbocycles. The molecule has 1 spiro atoms. The Morgan fingerprint density at radius 3 is 2.97 bits per heavy atom. The van der Waals surface area contributed by atoms with Gasteiger partial charge in [0.2, 0.25) is 0 Å². The number of hydrogen-bond acceptors (Lipinski definition) is 6. The molecular formula is C24H29ClN6O2. The highest BCUT2D eigenvalue weighted by atomic mass is 35.5. The number of aromatic nitrogens is 5. The molecule has 1 saturated heterocycles. The Kier molecular flexibility index (Phi) is 5.84. The van der Waals surface area contributed by atoms with Gasteiger partial charge in [0.05, 0.1) is 36.3 Å². The molecule has 0 bridgehead atoms. The number of H-pyrrole nitrogens is 1. The largest absolute Gasteiger partial charge is 0.370 e. The Balaban J connectivity index is 1.29. The molecule has 0 aliphatic carbocycles. The van der Waals surface area contributed by atoms with E-state index < -0.39 is 0 Å². The second-order valence-electron chi connectivity index (χ2n) is 9.32. The number of rotatable bonds is 4. The van der Waals surface area contributed by atoms with E-state index in [1.807, 2.05) is 26.1 Å². The highest BCUT2D eigenvalue weighted by Gasteiger charge is 2.43. The fraction of sp³-hybridized carbons (Fsp3) is 0.500. The van der Waals surface area contributed by atoms with E-state index in [9.17, 15) is 4.79 Å². The van der Waals surface area contributed by atoms with Crippen molar-refractivity contribution >= 4 is 11.6 Å². The van der Waals surface area contributed by atoms with Gasteiger partial charge in [-0.3, -0.25) is 9.69 Å². The van der Waals surface area contributed by atoms with Gasteiger partial charge in [0.15, 0.2) is 0 Å². The molecule has 2 atom stereocenters. The predicted molar refractivity (Wildman–Crippen MR) is 125 cm³/mol. The second-order valence-corrected chi connectivity index (χ2v) is 9.75. The van der Waals surface area contributed by atoms with Gasteiger partial charge >= 0.3 is 0 Å². The van der Waals surface area contributed by atoms with Crippen molar-refractivity contribution < 1.29 is 4.74 Å². The molecule has 0 radical (unpaired) electrons. The van der Waals surface area contributed by atoms with E-state index in [1.165, 1.54) is 11.1 Å². The number of benzene rings is 1. The zero-order valence-electron chi connectivity index (χ0n) is 19.3. The summed E-state index contributed by atoms with van der Waals surface area (Å²) in [6.45, 7) is 8.79. The lowest BCUT2D eigenvalue weighted by atomic mass is 9.77. The minimum atomic E-state index is -0.260. The normalized spacial score (nSPS) is 23.1. The van der Waals surface area contributed by atoms with Crippen LogP contribution in [0.1, 0.15) is 53.4 Å². The Hall–Kier alpha value is -2.55. The maximum absolute atomic E-state index is 12.2. The van der Waals surface area contributed by atoms with E-state index in [0.29, 0.717) is 24.7 Å². The summed E-state index contributed by atoms with van der Waals surface area (Å²) in [6.07, 6.45) is 4.70. The van der Waals surface area contributed by atoms with Crippen LogP contribution in [0.25, 0.3) is 0 Å². The van der Waals surface area contributed by atoms with Crippen LogP contribution in [0.5, 0.6) is 0 Å². The van der Waals surface area contributed by atoms with E-state index in [2.05, 4.69) is 44.5 Å². The quantitative estimate of drug-likeness (QED) is 0.632. The maximum Gasteiger partial charge on any atom is 0.269 e. The molecule has 8 nitrogen and oxygen atoms in total. The molecule has 4 heterocycles. The highest BCUT2D eigenvalue weighted by molar-refractivity contribution is 6.30. The van der Waals surface area contributed by atoms with Gasteiger partial charge in [0.1, 0.15) is 0 Å². The first-order valence-corrected chi connectivity index (χ1v) is 11.8. The van der Waals surface area contributed by atoms with Crippen LogP contribution < -0.4 is 5.56 Å². The van der Waals surface area contributed by atoms with Crippen LogP contribution >= 0.6 is 11.6 Å². The smallest absolute Gasteiger partial charge is 0.269 e.